The van der Waals surface area contributed by atoms with Crippen LogP contribution < -0.4 is 4.57 Å². The lowest BCUT2D eigenvalue weighted by Gasteiger charge is -2.39. The molecule has 0 saturated carbocycles. The Balaban J connectivity index is 2.51. The number of hydrogen-bond acceptors (Lipinski definition) is 1. The van der Waals surface area contributed by atoms with Crippen LogP contribution >= 0.6 is 23.2 Å². The number of rotatable bonds is 11. The Hall–Kier alpha value is -2.17. The molecule has 1 heterocycles. The summed E-state index contributed by atoms with van der Waals surface area (Å²) in [6, 6.07) is 2.20. The number of carbonyl (C=O) groups is 1. The van der Waals surface area contributed by atoms with Crippen LogP contribution in [0.5, 0.6) is 0 Å². The maximum absolute atomic E-state index is 14.3. The molecule has 0 radical (unpaired) electrons. The number of aromatic nitrogens is 2. The first-order valence-electron chi connectivity index (χ1n) is 10.4. The minimum absolute atomic E-state index is 0.0524. The van der Waals surface area contributed by atoms with Crippen molar-refractivity contribution in [3.8, 4) is 0 Å². The highest BCUT2D eigenvalue weighted by Gasteiger charge is 2.90. The third-order valence-electron chi connectivity index (χ3n) is 5.80. The molecule has 222 valence electrons. The number of alkyl halides is 13. The monoisotopic (exact) mass is 633 g/mol. The van der Waals surface area contributed by atoms with Gasteiger partial charge in [-0.15, -0.1) is 0 Å². The average molecular weight is 634 g/mol. The summed E-state index contributed by atoms with van der Waals surface area (Å²) in [5.41, 5.74) is -0.0684. The first-order chi connectivity index (χ1) is 17.3. The summed E-state index contributed by atoms with van der Waals surface area (Å²) >= 11 is 11.8. The van der Waals surface area contributed by atoms with E-state index in [2.05, 4.69) is 0 Å². The van der Waals surface area contributed by atoms with Crippen molar-refractivity contribution in [2.24, 2.45) is 0 Å². The summed E-state index contributed by atoms with van der Waals surface area (Å²) in [4.78, 5) is 10.8. The second-order valence-corrected chi connectivity index (χ2v) is 9.17. The molecule has 0 aliphatic heterocycles. The molecule has 0 unspecified atom stereocenters. The quantitative estimate of drug-likeness (QED) is 0.205. The summed E-state index contributed by atoms with van der Waals surface area (Å²) in [6.45, 7) is -0.319. The zero-order valence-electron chi connectivity index (χ0n) is 19.1. The summed E-state index contributed by atoms with van der Waals surface area (Å²) < 4.78 is 176. The van der Waals surface area contributed by atoms with Crippen LogP contribution in [-0.4, -0.2) is 51.4 Å². The van der Waals surface area contributed by atoms with E-state index in [4.69, 9.17) is 28.3 Å². The van der Waals surface area contributed by atoms with Crippen LogP contribution in [0.2, 0.25) is 10.0 Å². The van der Waals surface area contributed by atoms with Crippen molar-refractivity contribution in [2.45, 2.75) is 75.1 Å². The van der Waals surface area contributed by atoms with E-state index in [0.29, 0.717) is 0 Å². The molecule has 1 aromatic carbocycles. The highest BCUT2D eigenvalue weighted by molar-refractivity contribution is 6.42. The molecule has 4 nitrogen and oxygen atoms in total. The Kier molecular flexibility index (Phi) is 8.76. The van der Waals surface area contributed by atoms with Crippen LogP contribution in [0.15, 0.2) is 12.1 Å². The van der Waals surface area contributed by atoms with Gasteiger partial charge in [-0.25, -0.2) is 9.13 Å². The maximum Gasteiger partial charge on any atom is 0.460 e. The second kappa shape index (κ2) is 10.3. The molecule has 1 aromatic heterocycles. The molecule has 0 saturated heterocycles. The molecule has 0 aliphatic rings. The first-order valence-corrected chi connectivity index (χ1v) is 11.2. The molecular weight excluding hydrogens is 618 g/mol. The van der Waals surface area contributed by atoms with Crippen LogP contribution in [0.3, 0.4) is 0 Å². The SMILES string of the molecule is Cc1n(CCC(F)(F)C(F)(F)C(F)(F)C(F)(F)C(F)(F)C(F)(F)F)c2cc(Cl)c(Cl)cc2[n+]1CCCC(=O)O. The number of hydrogen-bond donors (Lipinski definition) is 1. The molecule has 1 N–H and O–H groups in total. The van der Waals surface area contributed by atoms with Crippen LogP contribution in [0.4, 0.5) is 57.1 Å². The summed E-state index contributed by atoms with van der Waals surface area (Å²) in [6.07, 6.45) is -10.4. The van der Waals surface area contributed by atoms with Crippen molar-refractivity contribution in [1.82, 2.24) is 4.57 Å². The van der Waals surface area contributed by atoms with Crippen LogP contribution in [0, 0.1) is 6.92 Å². The molecule has 0 amide bonds. The number of fused-ring (bicyclic) bond motifs is 1. The molecule has 39 heavy (non-hydrogen) atoms. The number of imidazole rings is 1. The fraction of sp³-hybridized carbons (Fsp3) is 0.600. The minimum atomic E-state index is -7.97. The lowest BCUT2D eigenvalue weighted by molar-refractivity contribution is -0.678. The van der Waals surface area contributed by atoms with Crippen molar-refractivity contribution >= 4 is 40.2 Å². The lowest BCUT2D eigenvalue weighted by atomic mass is 9.92. The second-order valence-electron chi connectivity index (χ2n) is 8.35. The fourth-order valence-electron chi connectivity index (χ4n) is 3.62. The minimum Gasteiger partial charge on any atom is -0.481 e. The number of halogens is 15. The summed E-state index contributed by atoms with van der Waals surface area (Å²) in [5, 5.41) is 8.49. The molecule has 0 fully saturated rings. The summed E-state index contributed by atoms with van der Waals surface area (Å²) in [7, 11) is 0. The van der Waals surface area contributed by atoms with Crippen molar-refractivity contribution in [1.29, 1.82) is 0 Å². The number of nitrogens with zero attached hydrogens (tertiary/aromatic N) is 2. The Bertz CT molecular complexity index is 1240. The van der Waals surface area contributed by atoms with Crippen LogP contribution in [0.25, 0.3) is 11.0 Å². The molecule has 2 rings (SSSR count). The van der Waals surface area contributed by atoms with E-state index in [-0.39, 0.29) is 46.3 Å². The van der Waals surface area contributed by atoms with Gasteiger partial charge in [0, 0.05) is 25.5 Å². The topological polar surface area (TPSA) is 46.1 Å². The van der Waals surface area contributed by atoms with Gasteiger partial charge in [-0.05, 0) is 6.42 Å². The van der Waals surface area contributed by atoms with Crippen LogP contribution in [-0.2, 0) is 17.9 Å². The van der Waals surface area contributed by atoms with Crippen molar-refractivity contribution in [2.75, 3.05) is 0 Å². The van der Waals surface area contributed by atoms with E-state index in [1.807, 2.05) is 0 Å². The van der Waals surface area contributed by atoms with Crippen molar-refractivity contribution < 1.29 is 71.5 Å². The van der Waals surface area contributed by atoms with Gasteiger partial charge in [0.2, 0.25) is 0 Å². The number of aliphatic carboxylic acids is 1. The molecule has 2 aromatic rings. The van der Waals surface area contributed by atoms with E-state index in [1.165, 1.54) is 17.6 Å². The molecule has 0 atom stereocenters. The number of benzene rings is 1. The zero-order valence-corrected chi connectivity index (χ0v) is 20.6. The third kappa shape index (κ3) is 5.44. The van der Waals surface area contributed by atoms with E-state index >= 15 is 0 Å². The van der Waals surface area contributed by atoms with Crippen molar-refractivity contribution in [3.63, 3.8) is 0 Å². The zero-order chi connectivity index (χ0) is 30.6. The highest BCUT2D eigenvalue weighted by atomic mass is 35.5. The smallest absolute Gasteiger partial charge is 0.460 e. The molecule has 0 spiro atoms. The van der Waals surface area contributed by atoms with Gasteiger partial charge in [-0.2, -0.15) is 57.1 Å². The van der Waals surface area contributed by atoms with Crippen molar-refractivity contribution in [3.05, 3.63) is 28.0 Å². The largest absolute Gasteiger partial charge is 0.481 e. The predicted octanol–water partition coefficient (Wildman–Crippen LogP) is 7.54. The van der Waals surface area contributed by atoms with E-state index < -0.39 is 54.7 Å². The highest BCUT2D eigenvalue weighted by Crippen LogP contribution is 2.60. The maximum atomic E-state index is 14.3. The Morgan fingerprint density at radius 1 is 0.846 bits per heavy atom. The van der Waals surface area contributed by atoms with Gasteiger partial charge < -0.3 is 5.11 Å². The predicted molar refractivity (Wildman–Crippen MR) is 109 cm³/mol. The molecule has 0 bridgehead atoms. The number of carboxylic acids is 1. The standard InChI is InChI=1S/C20H15Cl2F13N2O2/c1-9-36(5-2-3-14(38)39)12-7-10(21)11(22)8-13(12)37(9)6-4-15(23,24)16(25,26)17(27,28)18(29,30)19(31,32)20(33,34)35/h7-8H,2-6H2,1H3/p+1. The van der Waals surface area contributed by atoms with E-state index in [1.54, 1.807) is 0 Å². The van der Waals surface area contributed by atoms with E-state index in [9.17, 15) is 61.9 Å². The molecule has 19 heteroatoms. The Morgan fingerprint density at radius 3 is 1.82 bits per heavy atom. The summed E-state index contributed by atoms with van der Waals surface area (Å²) in [5.74, 6) is -38.6. The first kappa shape index (κ1) is 33.0. The van der Waals surface area contributed by atoms with Gasteiger partial charge >= 0.3 is 41.8 Å². The number of aryl methyl sites for hydroxylation is 2. The average Bonchev–Trinajstić information content (AvgIpc) is 3.01. The van der Waals surface area contributed by atoms with Gasteiger partial charge in [-0.1, -0.05) is 23.2 Å². The lowest BCUT2D eigenvalue weighted by Crippen LogP contribution is -2.70. The van der Waals surface area contributed by atoms with E-state index in [0.717, 1.165) is 10.6 Å². The van der Waals surface area contributed by atoms with Gasteiger partial charge in [-0.3, -0.25) is 4.79 Å². The molecule has 0 aliphatic carbocycles. The Labute approximate surface area is 219 Å². The van der Waals surface area contributed by atoms with Gasteiger partial charge in [0.15, 0.2) is 11.0 Å². The van der Waals surface area contributed by atoms with Gasteiger partial charge in [0.25, 0.3) is 5.82 Å². The number of carboxylic acid groups (broad SMARTS) is 1. The normalized spacial score (nSPS) is 14.4. The van der Waals surface area contributed by atoms with Gasteiger partial charge in [0.1, 0.15) is 0 Å². The third-order valence-corrected chi connectivity index (χ3v) is 6.52. The fourth-order valence-corrected chi connectivity index (χ4v) is 3.93. The van der Waals surface area contributed by atoms with Crippen LogP contribution in [0.1, 0.15) is 25.1 Å². The van der Waals surface area contributed by atoms with Gasteiger partial charge in [0.05, 0.1) is 29.6 Å². The Morgan fingerprint density at radius 2 is 1.33 bits per heavy atom. The molecular formula is C20H16Cl2F13N2O2+.